The van der Waals surface area contributed by atoms with E-state index in [4.69, 9.17) is 10.3 Å². The van der Waals surface area contributed by atoms with E-state index in [2.05, 4.69) is 31.1 Å². The molecule has 0 amide bonds. The molecule has 0 aliphatic carbocycles. The van der Waals surface area contributed by atoms with Crippen molar-refractivity contribution in [2.24, 2.45) is 5.73 Å². The Morgan fingerprint density at radius 1 is 1.32 bits per heavy atom. The van der Waals surface area contributed by atoms with Gasteiger partial charge in [-0.05, 0) is 39.5 Å². The standard InChI is InChI=1S/C12H9BrN4OS/c13-7-3-4-8(15-6-7)11-16-12(18-17-11)10(14)9-2-1-5-19-9/h1-6,10H,14H2. The topological polar surface area (TPSA) is 77.8 Å². The SMILES string of the molecule is NC(c1nc(-c2ccc(Br)cn2)no1)c1cccs1. The molecule has 3 aromatic heterocycles. The van der Waals surface area contributed by atoms with Gasteiger partial charge >= 0.3 is 0 Å². The van der Waals surface area contributed by atoms with Gasteiger partial charge in [-0.1, -0.05) is 11.2 Å². The summed E-state index contributed by atoms with van der Waals surface area (Å²) in [5.74, 6) is 0.830. The zero-order valence-electron chi connectivity index (χ0n) is 9.65. The Morgan fingerprint density at radius 3 is 2.89 bits per heavy atom. The summed E-state index contributed by atoms with van der Waals surface area (Å²) in [6, 6.07) is 7.17. The van der Waals surface area contributed by atoms with Gasteiger partial charge in [-0.15, -0.1) is 11.3 Å². The number of halogens is 1. The van der Waals surface area contributed by atoms with Crippen LogP contribution in [0.5, 0.6) is 0 Å². The number of thiophene rings is 1. The van der Waals surface area contributed by atoms with Crippen molar-refractivity contribution in [3.05, 3.63) is 51.1 Å². The molecule has 0 radical (unpaired) electrons. The molecule has 2 N–H and O–H groups in total. The third-order valence-corrected chi connectivity index (χ3v) is 3.94. The van der Waals surface area contributed by atoms with E-state index in [0.29, 0.717) is 17.4 Å². The molecular weight excluding hydrogens is 328 g/mol. The molecule has 0 aliphatic heterocycles. The fourth-order valence-corrected chi connectivity index (χ4v) is 2.52. The molecule has 1 atom stereocenters. The second-order valence-corrected chi connectivity index (χ2v) is 5.71. The van der Waals surface area contributed by atoms with Crippen LogP contribution in [0.3, 0.4) is 0 Å². The van der Waals surface area contributed by atoms with E-state index in [1.807, 2.05) is 29.6 Å². The lowest BCUT2D eigenvalue weighted by atomic mass is 10.2. The Morgan fingerprint density at radius 2 is 2.21 bits per heavy atom. The number of nitrogens with two attached hydrogens (primary N) is 1. The van der Waals surface area contributed by atoms with Crippen LogP contribution >= 0.6 is 27.3 Å². The number of aromatic nitrogens is 3. The van der Waals surface area contributed by atoms with Gasteiger partial charge in [0, 0.05) is 15.5 Å². The molecule has 5 nitrogen and oxygen atoms in total. The molecule has 3 rings (SSSR count). The predicted octanol–water partition coefficient (Wildman–Crippen LogP) is 3.00. The van der Waals surface area contributed by atoms with E-state index < -0.39 is 6.04 Å². The van der Waals surface area contributed by atoms with Crippen molar-refractivity contribution in [1.29, 1.82) is 0 Å². The van der Waals surface area contributed by atoms with Crippen LogP contribution in [-0.4, -0.2) is 15.1 Å². The largest absolute Gasteiger partial charge is 0.337 e. The van der Waals surface area contributed by atoms with Crippen molar-refractivity contribution in [2.75, 3.05) is 0 Å². The summed E-state index contributed by atoms with van der Waals surface area (Å²) >= 11 is 4.89. The van der Waals surface area contributed by atoms with Crippen molar-refractivity contribution >= 4 is 27.3 Å². The maximum atomic E-state index is 6.06. The first-order valence-electron chi connectivity index (χ1n) is 5.48. The predicted molar refractivity (Wildman–Crippen MR) is 75.6 cm³/mol. The summed E-state index contributed by atoms with van der Waals surface area (Å²) in [5, 5.41) is 5.87. The van der Waals surface area contributed by atoms with Crippen LogP contribution in [0.25, 0.3) is 11.5 Å². The molecule has 96 valence electrons. The van der Waals surface area contributed by atoms with Crippen molar-refractivity contribution in [1.82, 2.24) is 15.1 Å². The first kappa shape index (κ1) is 12.5. The Bertz CT molecular complexity index is 665. The van der Waals surface area contributed by atoms with E-state index in [9.17, 15) is 0 Å². The molecule has 0 bridgehead atoms. The number of hydrogen-bond acceptors (Lipinski definition) is 6. The minimum atomic E-state index is -0.392. The van der Waals surface area contributed by atoms with Crippen LogP contribution in [0.4, 0.5) is 0 Å². The second-order valence-electron chi connectivity index (χ2n) is 3.81. The highest BCUT2D eigenvalue weighted by Gasteiger charge is 2.18. The fourth-order valence-electron chi connectivity index (χ4n) is 1.56. The monoisotopic (exact) mass is 336 g/mol. The Balaban J connectivity index is 1.89. The van der Waals surface area contributed by atoms with Gasteiger partial charge in [-0.25, -0.2) is 0 Å². The van der Waals surface area contributed by atoms with E-state index in [-0.39, 0.29) is 0 Å². The molecule has 0 saturated heterocycles. The van der Waals surface area contributed by atoms with Gasteiger partial charge in [-0.3, -0.25) is 4.98 Å². The maximum absolute atomic E-state index is 6.06. The lowest BCUT2D eigenvalue weighted by Gasteiger charge is -2.01. The normalized spacial score (nSPS) is 12.5. The lowest BCUT2D eigenvalue weighted by Crippen LogP contribution is -2.10. The van der Waals surface area contributed by atoms with Crippen molar-refractivity contribution < 1.29 is 4.52 Å². The lowest BCUT2D eigenvalue weighted by molar-refractivity contribution is 0.368. The molecule has 0 aliphatic rings. The number of hydrogen-bond donors (Lipinski definition) is 1. The first-order valence-corrected chi connectivity index (χ1v) is 7.16. The van der Waals surface area contributed by atoms with E-state index in [1.165, 1.54) is 0 Å². The fraction of sp³-hybridized carbons (Fsp3) is 0.0833. The summed E-state index contributed by atoms with van der Waals surface area (Å²) in [7, 11) is 0. The average Bonchev–Trinajstić information content (AvgIpc) is 3.10. The van der Waals surface area contributed by atoms with Crippen molar-refractivity contribution in [3.63, 3.8) is 0 Å². The van der Waals surface area contributed by atoms with E-state index in [1.54, 1.807) is 17.5 Å². The summed E-state index contributed by atoms with van der Waals surface area (Å²) in [6.45, 7) is 0. The van der Waals surface area contributed by atoms with Crippen LogP contribution in [0.1, 0.15) is 16.8 Å². The Kier molecular flexibility index (Phi) is 3.41. The van der Waals surface area contributed by atoms with Gasteiger partial charge in [0.15, 0.2) is 0 Å². The Labute approximate surface area is 121 Å². The van der Waals surface area contributed by atoms with Crippen LogP contribution in [-0.2, 0) is 0 Å². The highest BCUT2D eigenvalue weighted by molar-refractivity contribution is 9.10. The molecule has 0 aromatic carbocycles. The third kappa shape index (κ3) is 2.58. The smallest absolute Gasteiger partial charge is 0.249 e. The molecule has 3 heterocycles. The van der Waals surface area contributed by atoms with Gasteiger partial charge in [0.1, 0.15) is 11.7 Å². The van der Waals surface area contributed by atoms with Crippen molar-refractivity contribution in [3.8, 4) is 11.5 Å². The van der Waals surface area contributed by atoms with Crippen molar-refractivity contribution in [2.45, 2.75) is 6.04 Å². The molecule has 0 fully saturated rings. The third-order valence-electron chi connectivity index (χ3n) is 2.51. The number of pyridine rings is 1. The average molecular weight is 337 g/mol. The molecular formula is C12H9BrN4OS. The number of nitrogens with zero attached hydrogens (tertiary/aromatic N) is 3. The van der Waals surface area contributed by atoms with Gasteiger partial charge in [0.05, 0.1) is 0 Å². The van der Waals surface area contributed by atoms with Gasteiger partial charge < -0.3 is 10.3 Å². The van der Waals surface area contributed by atoms with Crippen LogP contribution < -0.4 is 5.73 Å². The summed E-state index contributed by atoms with van der Waals surface area (Å²) < 4.78 is 6.10. The first-order chi connectivity index (χ1) is 9.24. The molecule has 1 unspecified atom stereocenters. The van der Waals surface area contributed by atoms with E-state index >= 15 is 0 Å². The van der Waals surface area contributed by atoms with Crippen LogP contribution in [0, 0.1) is 0 Å². The summed E-state index contributed by atoms with van der Waals surface area (Å²) in [5.41, 5.74) is 6.71. The highest BCUT2D eigenvalue weighted by atomic mass is 79.9. The van der Waals surface area contributed by atoms with Gasteiger partial charge in [0.25, 0.3) is 0 Å². The molecule has 7 heteroatoms. The molecule has 3 aromatic rings. The highest BCUT2D eigenvalue weighted by Crippen LogP contribution is 2.24. The minimum Gasteiger partial charge on any atom is -0.337 e. The molecule has 0 spiro atoms. The van der Waals surface area contributed by atoms with E-state index in [0.717, 1.165) is 9.35 Å². The van der Waals surface area contributed by atoms with Gasteiger partial charge in [-0.2, -0.15) is 4.98 Å². The number of rotatable bonds is 3. The van der Waals surface area contributed by atoms with Gasteiger partial charge in [0.2, 0.25) is 11.7 Å². The molecule has 0 saturated carbocycles. The maximum Gasteiger partial charge on any atom is 0.249 e. The minimum absolute atomic E-state index is 0.391. The summed E-state index contributed by atoms with van der Waals surface area (Å²) in [6.07, 6.45) is 1.69. The van der Waals surface area contributed by atoms with Crippen LogP contribution in [0.2, 0.25) is 0 Å². The Hall–Kier alpha value is -1.57. The summed E-state index contributed by atoms with van der Waals surface area (Å²) in [4.78, 5) is 9.49. The zero-order valence-corrected chi connectivity index (χ0v) is 12.1. The second kappa shape index (κ2) is 5.20. The quantitative estimate of drug-likeness (QED) is 0.795. The van der Waals surface area contributed by atoms with Crippen LogP contribution in [0.15, 0.2) is 44.8 Å². The zero-order chi connectivity index (χ0) is 13.2. The molecule has 19 heavy (non-hydrogen) atoms.